The van der Waals surface area contributed by atoms with Gasteiger partial charge in [0.15, 0.2) is 0 Å². The lowest BCUT2D eigenvalue weighted by Crippen LogP contribution is -1.89. The Balaban J connectivity index is 2.94. The second-order valence-corrected chi connectivity index (χ2v) is 1.83. The van der Waals surface area contributed by atoms with Crippen molar-refractivity contribution in [1.82, 2.24) is 0 Å². The number of benzene rings is 1. The summed E-state index contributed by atoms with van der Waals surface area (Å²) in [4.78, 5) is 10.1. The Hall–Kier alpha value is -1.71. The maximum absolute atomic E-state index is 10.8. The fourth-order valence-electron chi connectivity index (χ4n) is 0.665. The van der Waals surface area contributed by atoms with Crippen molar-refractivity contribution in [1.29, 1.82) is 0 Å². The number of amides is 1. The Morgan fingerprint density at radius 3 is 2.55 bits per heavy atom. The highest BCUT2D eigenvalue weighted by molar-refractivity contribution is 5.45. The molecule has 0 saturated carbocycles. The molecule has 1 amide bonds. The number of hydrogen-bond donors (Lipinski definition) is 0. The van der Waals surface area contributed by atoms with Crippen LogP contribution in [0.1, 0.15) is 0 Å². The Kier molecular flexibility index (Phi) is 2.32. The third-order valence-electron chi connectivity index (χ3n) is 1.13. The standard InChI is InChI=1S/C7H6N2O2/c10-6-8-9(11)7-4-2-1-3-5-7/h1-6H/b9-8-. The normalized spacial score (nSPS) is 11.1. The quantitative estimate of drug-likeness (QED) is 0.277. The monoisotopic (exact) mass is 150 g/mol. The summed E-state index contributed by atoms with van der Waals surface area (Å²) in [6, 6.07) is 8.30. The summed E-state index contributed by atoms with van der Waals surface area (Å²) in [7, 11) is 0. The van der Waals surface area contributed by atoms with Crippen molar-refractivity contribution < 1.29 is 9.66 Å². The molecule has 1 aromatic rings. The lowest BCUT2D eigenvalue weighted by atomic mass is 10.3. The first-order valence-electron chi connectivity index (χ1n) is 3.01. The van der Waals surface area contributed by atoms with Gasteiger partial charge in [-0.3, -0.25) is 4.79 Å². The molecular weight excluding hydrogens is 144 g/mol. The molecule has 4 heteroatoms. The van der Waals surface area contributed by atoms with Crippen LogP contribution in [0.25, 0.3) is 0 Å². The van der Waals surface area contributed by atoms with E-state index in [1.165, 1.54) is 0 Å². The van der Waals surface area contributed by atoms with Crippen LogP contribution in [0.15, 0.2) is 35.4 Å². The topological polar surface area (TPSA) is 55.5 Å². The van der Waals surface area contributed by atoms with Crippen molar-refractivity contribution in [3.8, 4) is 0 Å². The molecule has 0 N–H and O–H groups in total. The first-order chi connectivity index (χ1) is 5.34. The van der Waals surface area contributed by atoms with E-state index < -0.39 is 0 Å². The summed E-state index contributed by atoms with van der Waals surface area (Å²) in [5.41, 5.74) is 0.347. The van der Waals surface area contributed by atoms with E-state index in [0.29, 0.717) is 5.69 Å². The van der Waals surface area contributed by atoms with Gasteiger partial charge in [0, 0.05) is 17.2 Å². The summed E-state index contributed by atoms with van der Waals surface area (Å²) >= 11 is 0. The second kappa shape index (κ2) is 3.46. The van der Waals surface area contributed by atoms with Gasteiger partial charge in [-0.1, -0.05) is 18.2 Å². The molecule has 0 bridgehead atoms. The Labute approximate surface area is 63.4 Å². The summed E-state index contributed by atoms with van der Waals surface area (Å²) < 4.78 is 0. The molecular formula is C7H6N2O2. The molecule has 0 aliphatic heterocycles. The number of hydrogen-bond acceptors (Lipinski definition) is 2. The molecule has 0 aliphatic carbocycles. The summed E-state index contributed by atoms with van der Waals surface area (Å²) in [5, 5.41) is 13.8. The number of carbonyl (C=O) groups is 1. The SMILES string of the molecule is O=C/N=[N+](\[O-])c1ccccc1. The highest BCUT2D eigenvalue weighted by Crippen LogP contribution is 2.08. The van der Waals surface area contributed by atoms with Crippen LogP contribution in [0.5, 0.6) is 0 Å². The fourth-order valence-corrected chi connectivity index (χ4v) is 0.665. The number of carbonyl (C=O) groups excluding carboxylic acids is 1. The maximum Gasteiger partial charge on any atom is 0.298 e. The molecule has 1 aromatic carbocycles. The molecule has 0 aromatic heterocycles. The van der Waals surface area contributed by atoms with Gasteiger partial charge >= 0.3 is 0 Å². The van der Waals surface area contributed by atoms with E-state index in [1.54, 1.807) is 30.3 Å². The largest absolute Gasteiger partial charge is 0.594 e. The van der Waals surface area contributed by atoms with E-state index in [-0.39, 0.29) is 11.3 Å². The first-order valence-corrected chi connectivity index (χ1v) is 3.01. The van der Waals surface area contributed by atoms with Gasteiger partial charge in [-0.15, -0.1) is 0 Å². The molecule has 4 nitrogen and oxygen atoms in total. The van der Waals surface area contributed by atoms with Gasteiger partial charge < -0.3 is 5.21 Å². The predicted octanol–water partition coefficient (Wildman–Crippen LogP) is 1.44. The van der Waals surface area contributed by atoms with Crippen LogP contribution in [0.3, 0.4) is 0 Å². The molecule has 0 spiro atoms. The average molecular weight is 150 g/mol. The van der Waals surface area contributed by atoms with Gasteiger partial charge in [0.05, 0.1) is 0 Å². The van der Waals surface area contributed by atoms with Crippen LogP contribution in [0, 0.1) is 5.21 Å². The third kappa shape index (κ3) is 1.86. The van der Waals surface area contributed by atoms with E-state index in [1.807, 2.05) is 0 Å². The smallest absolute Gasteiger partial charge is 0.298 e. The zero-order chi connectivity index (χ0) is 8.10. The molecule has 0 aliphatic rings. The predicted molar refractivity (Wildman–Crippen MR) is 38.2 cm³/mol. The van der Waals surface area contributed by atoms with Crippen molar-refractivity contribution in [2.24, 2.45) is 5.11 Å². The number of rotatable bonds is 2. The van der Waals surface area contributed by atoms with E-state index in [0.717, 1.165) is 0 Å². The van der Waals surface area contributed by atoms with Crippen molar-refractivity contribution in [3.05, 3.63) is 35.5 Å². The van der Waals surface area contributed by atoms with Crippen molar-refractivity contribution in [2.75, 3.05) is 0 Å². The minimum Gasteiger partial charge on any atom is -0.594 e. The molecule has 56 valence electrons. The lowest BCUT2D eigenvalue weighted by Gasteiger charge is -1.94. The summed E-state index contributed by atoms with van der Waals surface area (Å²) in [6.45, 7) is 0. The van der Waals surface area contributed by atoms with Crippen LogP contribution in [-0.4, -0.2) is 11.3 Å². The summed E-state index contributed by atoms with van der Waals surface area (Å²) in [5.74, 6) is 0. The van der Waals surface area contributed by atoms with Crippen molar-refractivity contribution in [2.45, 2.75) is 0 Å². The van der Waals surface area contributed by atoms with E-state index in [9.17, 15) is 10.0 Å². The zero-order valence-corrected chi connectivity index (χ0v) is 5.68. The minimum absolute atomic E-state index is 0.208. The average Bonchev–Trinajstić information content (AvgIpc) is 2.07. The van der Waals surface area contributed by atoms with Crippen LogP contribution in [0.2, 0.25) is 0 Å². The highest BCUT2D eigenvalue weighted by atomic mass is 16.5. The Morgan fingerprint density at radius 1 is 1.36 bits per heavy atom. The van der Waals surface area contributed by atoms with Crippen molar-refractivity contribution in [3.63, 3.8) is 0 Å². The van der Waals surface area contributed by atoms with Crippen LogP contribution < -0.4 is 0 Å². The molecule has 0 heterocycles. The zero-order valence-electron chi connectivity index (χ0n) is 5.68. The molecule has 0 fully saturated rings. The number of nitrogens with zero attached hydrogens (tertiary/aromatic N) is 2. The van der Waals surface area contributed by atoms with Crippen LogP contribution in [0.4, 0.5) is 5.69 Å². The lowest BCUT2D eigenvalue weighted by molar-refractivity contribution is -0.434. The summed E-state index contributed by atoms with van der Waals surface area (Å²) in [6.07, 6.45) is 0.208. The van der Waals surface area contributed by atoms with E-state index >= 15 is 0 Å². The molecule has 0 saturated heterocycles. The fraction of sp³-hybridized carbons (Fsp3) is 0. The molecule has 0 unspecified atom stereocenters. The molecule has 0 atom stereocenters. The van der Waals surface area contributed by atoms with Gasteiger partial charge in [-0.2, -0.15) is 0 Å². The van der Waals surface area contributed by atoms with Gasteiger partial charge in [0.2, 0.25) is 5.69 Å². The third-order valence-corrected chi connectivity index (χ3v) is 1.13. The van der Waals surface area contributed by atoms with Gasteiger partial charge in [0.25, 0.3) is 6.41 Å². The van der Waals surface area contributed by atoms with Crippen molar-refractivity contribution >= 4 is 12.1 Å². The second-order valence-electron chi connectivity index (χ2n) is 1.83. The van der Waals surface area contributed by atoms with Gasteiger partial charge in [0.1, 0.15) is 0 Å². The first kappa shape index (κ1) is 7.40. The van der Waals surface area contributed by atoms with E-state index in [4.69, 9.17) is 0 Å². The molecule has 1 rings (SSSR count). The van der Waals surface area contributed by atoms with Crippen LogP contribution >= 0.6 is 0 Å². The number of para-hydroxylation sites is 1. The number of azo groups is 1. The van der Waals surface area contributed by atoms with E-state index in [2.05, 4.69) is 5.11 Å². The Bertz CT molecular complexity index is 269. The molecule has 0 radical (unpaired) electrons. The minimum atomic E-state index is 0.208. The van der Waals surface area contributed by atoms with Gasteiger partial charge in [-0.05, 0) is 4.86 Å². The highest BCUT2D eigenvalue weighted by Gasteiger charge is 1.98. The maximum atomic E-state index is 10.8. The molecule has 11 heavy (non-hydrogen) atoms. The van der Waals surface area contributed by atoms with Crippen LogP contribution in [-0.2, 0) is 4.79 Å². The van der Waals surface area contributed by atoms with Gasteiger partial charge in [-0.25, -0.2) is 0 Å². The Morgan fingerprint density at radius 2 is 2.00 bits per heavy atom.